The van der Waals surface area contributed by atoms with Crippen molar-refractivity contribution in [2.24, 2.45) is 0 Å². The summed E-state index contributed by atoms with van der Waals surface area (Å²) >= 11 is 12.1. The number of hydrogen-bond acceptors (Lipinski definition) is 3. The number of pyridine rings is 1. The molecule has 1 heterocycles. The van der Waals surface area contributed by atoms with Crippen molar-refractivity contribution in [1.29, 1.82) is 0 Å². The maximum Gasteiger partial charge on any atom is 0.224 e. The van der Waals surface area contributed by atoms with Gasteiger partial charge in [0, 0.05) is 30.4 Å². The molecule has 1 aromatic heterocycles. The fourth-order valence-corrected chi connectivity index (χ4v) is 2.96. The third-order valence-electron chi connectivity index (χ3n) is 3.89. The Morgan fingerprint density at radius 2 is 2.00 bits per heavy atom. The van der Waals surface area contributed by atoms with Gasteiger partial charge in [-0.05, 0) is 24.1 Å². The molecule has 0 radical (unpaired) electrons. The number of methoxy groups -OCH3 is 1. The predicted molar refractivity (Wildman–Crippen MR) is 97.0 cm³/mol. The van der Waals surface area contributed by atoms with Crippen LogP contribution in [-0.4, -0.2) is 24.5 Å². The quantitative estimate of drug-likeness (QED) is 0.796. The number of rotatable bonds is 7. The van der Waals surface area contributed by atoms with Crippen LogP contribution in [0.4, 0.5) is 0 Å². The zero-order valence-electron chi connectivity index (χ0n) is 13.7. The summed E-state index contributed by atoms with van der Waals surface area (Å²) in [5.41, 5.74) is 1.73. The Hall–Kier alpha value is -1.78. The molecule has 128 valence electrons. The Labute approximate surface area is 152 Å². The minimum Gasteiger partial charge on any atom is -0.497 e. The van der Waals surface area contributed by atoms with Gasteiger partial charge in [0.15, 0.2) is 0 Å². The maximum atomic E-state index is 12.2. The van der Waals surface area contributed by atoms with Gasteiger partial charge in [0.2, 0.25) is 5.91 Å². The minimum absolute atomic E-state index is 0.119. The number of aromatic nitrogens is 1. The molecule has 0 aliphatic carbocycles. The molecule has 1 N–H and O–H groups in total. The van der Waals surface area contributed by atoms with Gasteiger partial charge in [-0.25, -0.2) is 0 Å². The molecular weight excluding hydrogens is 347 g/mol. The van der Waals surface area contributed by atoms with Gasteiger partial charge in [0.25, 0.3) is 0 Å². The largest absolute Gasteiger partial charge is 0.497 e. The summed E-state index contributed by atoms with van der Waals surface area (Å²) in [5.74, 6) is 0.909. The van der Waals surface area contributed by atoms with Crippen LogP contribution in [0, 0.1) is 0 Å². The highest BCUT2D eigenvalue weighted by Gasteiger charge is 2.14. The molecule has 0 fully saturated rings. The third kappa shape index (κ3) is 4.86. The summed E-state index contributed by atoms with van der Waals surface area (Å²) < 4.78 is 5.26. The molecule has 6 heteroatoms. The van der Waals surface area contributed by atoms with Gasteiger partial charge in [-0.15, -0.1) is 0 Å². The van der Waals surface area contributed by atoms with Crippen molar-refractivity contribution in [3.63, 3.8) is 0 Å². The van der Waals surface area contributed by atoms with Gasteiger partial charge < -0.3 is 10.1 Å². The maximum absolute atomic E-state index is 12.2. The molecule has 2 aromatic rings. The molecular formula is C18H20Cl2N2O2. The van der Waals surface area contributed by atoms with Crippen molar-refractivity contribution in [3.05, 3.63) is 57.8 Å². The fourth-order valence-electron chi connectivity index (χ4n) is 2.46. The van der Waals surface area contributed by atoms with Crippen molar-refractivity contribution >= 4 is 29.1 Å². The second-order valence-electron chi connectivity index (χ2n) is 5.44. The smallest absolute Gasteiger partial charge is 0.224 e. The number of carbonyl (C=O) groups is 1. The van der Waals surface area contributed by atoms with Crippen LogP contribution in [0.5, 0.6) is 5.75 Å². The summed E-state index contributed by atoms with van der Waals surface area (Å²) in [5, 5.41) is 3.76. The molecule has 4 nitrogen and oxygen atoms in total. The standard InChI is InChI=1S/C18H20Cl2N2O2/c1-3-12(13-5-4-6-14(7-13)24-2)9-22-18(23)8-15-16(19)10-21-11-17(15)20/h4-7,10-12H,3,8-9H2,1-2H3,(H,22,23). The van der Waals surface area contributed by atoms with Crippen LogP contribution in [0.15, 0.2) is 36.7 Å². The van der Waals surface area contributed by atoms with Crippen LogP contribution in [-0.2, 0) is 11.2 Å². The first-order valence-electron chi connectivity index (χ1n) is 7.73. The van der Waals surface area contributed by atoms with Crippen molar-refractivity contribution in [2.75, 3.05) is 13.7 Å². The SMILES string of the molecule is CCC(CNC(=O)Cc1c(Cl)cncc1Cl)c1cccc(OC)c1. The molecule has 1 atom stereocenters. The second kappa shape index (κ2) is 8.90. The van der Waals surface area contributed by atoms with Crippen molar-refractivity contribution < 1.29 is 9.53 Å². The molecule has 2 rings (SSSR count). The van der Waals surface area contributed by atoms with Gasteiger partial charge in [-0.1, -0.05) is 42.3 Å². The first-order chi connectivity index (χ1) is 11.5. The zero-order chi connectivity index (χ0) is 17.5. The van der Waals surface area contributed by atoms with E-state index in [0.717, 1.165) is 17.7 Å². The number of hydrogen-bond donors (Lipinski definition) is 1. The summed E-state index contributed by atoms with van der Waals surface area (Å²) in [6.07, 6.45) is 4.02. The van der Waals surface area contributed by atoms with Crippen LogP contribution in [0.2, 0.25) is 10.0 Å². The van der Waals surface area contributed by atoms with Crippen LogP contribution < -0.4 is 10.1 Å². The Balaban J connectivity index is 1.98. The van der Waals surface area contributed by atoms with Gasteiger partial charge in [0.05, 0.1) is 23.6 Å². The predicted octanol–water partition coefficient (Wildman–Crippen LogP) is 4.25. The van der Waals surface area contributed by atoms with E-state index in [-0.39, 0.29) is 18.2 Å². The highest BCUT2D eigenvalue weighted by molar-refractivity contribution is 6.36. The van der Waals surface area contributed by atoms with E-state index in [9.17, 15) is 4.79 Å². The number of nitrogens with one attached hydrogen (secondary N) is 1. The van der Waals surface area contributed by atoms with Gasteiger partial charge in [-0.3, -0.25) is 9.78 Å². The van der Waals surface area contributed by atoms with E-state index in [2.05, 4.69) is 17.2 Å². The highest BCUT2D eigenvalue weighted by atomic mass is 35.5. The van der Waals surface area contributed by atoms with Crippen molar-refractivity contribution in [2.45, 2.75) is 25.7 Å². The van der Waals surface area contributed by atoms with Gasteiger partial charge >= 0.3 is 0 Å². The lowest BCUT2D eigenvalue weighted by Crippen LogP contribution is -2.29. The van der Waals surface area contributed by atoms with E-state index >= 15 is 0 Å². The lowest BCUT2D eigenvalue weighted by molar-refractivity contribution is -0.120. The molecule has 1 unspecified atom stereocenters. The second-order valence-corrected chi connectivity index (χ2v) is 6.26. The third-order valence-corrected chi connectivity index (χ3v) is 4.54. The number of benzene rings is 1. The van der Waals surface area contributed by atoms with Crippen molar-refractivity contribution in [3.8, 4) is 5.75 Å². The number of nitrogens with zero attached hydrogens (tertiary/aromatic N) is 1. The van der Waals surface area contributed by atoms with Gasteiger partial charge in [-0.2, -0.15) is 0 Å². The average molecular weight is 367 g/mol. The van der Waals surface area contributed by atoms with E-state index in [1.54, 1.807) is 7.11 Å². The first kappa shape index (κ1) is 18.6. The first-order valence-corrected chi connectivity index (χ1v) is 8.49. The number of amides is 1. The number of halogens is 2. The van der Waals surface area contributed by atoms with Crippen LogP contribution in [0.25, 0.3) is 0 Å². The molecule has 0 bridgehead atoms. The van der Waals surface area contributed by atoms with E-state index in [0.29, 0.717) is 22.2 Å². The van der Waals surface area contributed by atoms with Crippen LogP contribution in [0.3, 0.4) is 0 Å². The van der Waals surface area contributed by atoms with E-state index < -0.39 is 0 Å². The average Bonchev–Trinajstić information content (AvgIpc) is 2.59. The molecule has 1 amide bonds. The lowest BCUT2D eigenvalue weighted by Gasteiger charge is -2.17. The summed E-state index contributed by atoms with van der Waals surface area (Å²) in [7, 11) is 1.64. The van der Waals surface area contributed by atoms with Crippen LogP contribution >= 0.6 is 23.2 Å². The molecule has 0 aliphatic heterocycles. The Bertz CT molecular complexity index is 687. The van der Waals surface area contributed by atoms with Gasteiger partial charge in [0.1, 0.15) is 5.75 Å². The zero-order valence-corrected chi connectivity index (χ0v) is 15.2. The summed E-state index contributed by atoms with van der Waals surface area (Å²) in [4.78, 5) is 16.1. The normalized spacial score (nSPS) is 11.8. The topological polar surface area (TPSA) is 51.2 Å². The van der Waals surface area contributed by atoms with E-state index in [1.807, 2.05) is 24.3 Å². The molecule has 0 saturated carbocycles. The summed E-state index contributed by atoms with van der Waals surface area (Å²) in [6.45, 7) is 2.63. The summed E-state index contributed by atoms with van der Waals surface area (Å²) in [6, 6.07) is 7.90. The minimum atomic E-state index is -0.119. The van der Waals surface area contributed by atoms with Crippen molar-refractivity contribution in [1.82, 2.24) is 10.3 Å². The Morgan fingerprint density at radius 3 is 2.62 bits per heavy atom. The molecule has 0 spiro atoms. The Kier molecular flexibility index (Phi) is 6.88. The number of carbonyl (C=O) groups excluding carboxylic acids is 1. The monoisotopic (exact) mass is 366 g/mol. The molecule has 0 aliphatic rings. The van der Waals surface area contributed by atoms with E-state index in [4.69, 9.17) is 27.9 Å². The Morgan fingerprint density at radius 1 is 1.29 bits per heavy atom. The van der Waals surface area contributed by atoms with Crippen LogP contribution in [0.1, 0.15) is 30.4 Å². The van der Waals surface area contributed by atoms with E-state index in [1.165, 1.54) is 12.4 Å². The highest BCUT2D eigenvalue weighted by Crippen LogP contribution is 2.24. The lowest BCUT2D eigenvalue weighted by atomic mass is 9.96. The molecule has 1 aromatic carbocycles. The number of ether oxygens (including phenoxy) is 1. The fraction of sp³-hybridized carbons (Fsp3) is 0.333. The molecule has 0 saturated heterocycles. The molecule has 24 heavy (non-hydrogen) atoms.